The second kappa shape index (κ2) is 14.7. The molecule has 0 aromatic heterocycles. The lowest BCUT2D eigenvalue weighted by Crippen LogP contribution is -2.38. The van der Waals surface area contributed by atoms with Crippen LogP contribution in [-0.2, 0) is 13.0 Å². The number of carbonyl (C=O) groups is 1. The molecule has 0 saturated heterocycles. The quantitative estimate of drug-likeness (QED) is 0.262. The van der Waals surface area contributed by atoms with Crippen molar-refractivity contribution in [3.63, 3.8) is 0 Å². The van der Waals surface area contributed by atoms with Crippen LogP contribution in [0, 0.1) is 5.92 Å². The average Bonchev–Trinajstić information content (AvgIpc) is 2.76. The van der Waals surface area contributed by atoms with Gasteiger partial charge >= 0.3 is 0 Å². The molecule has 0 spiro atoms. The molecule has 0 radical (unpaired) electrons. The summed E-state index contributed by atoms with van der Waals surface area (Å²) in [4.78, 5) is 18.0. The lowest BCUT2D eigenvalue weighted by Gasteiger charge is -2.15. The molecule has 1 amide bonds. The maximum Gasteiger partial charge on any atom is 0.253 e. The number of benzene rings is 2. The summed E-state index contributed by atoms with van der Waals surface area (Å²) in [6.45, 7) is 6.46. The molecule has 2 aromatic carbocycles. The lowest BCUT2D eigenvalue weighted by molar-refractivity contribution is 0.0827. The Hall–Kier alpha value is -2.29. The molecule has 32 heavy (non-hydrogen) atoms. The molecule has 6 nitrogen and oxygen atoms in total. The molecule has 0 atom stereocenters. The number of hydrogen-bond acceptors (Lipinski definition) is 3. The highest BCUT2D eigenvalue weighted by molar-refractivity contribution is 14.0. The van der Waals surface area contributed by atoms with Gasteiger partial charge in [-0.3, -0.25) is 9.79 Å². The van der Waals surface area contributed by atoms with Crippen LogP contribution in [0.4, 0.5) is 0 Å². The smallest absolute Gasteiger partial charge is 0.253 e. The van der Waals surface area contributed by atoms with Gasteiger partial charge in [0.05, 0.1) is 6.61 Å². The molecule has 2 rings (SSSR count). The summed E-state index contributed by atoms with van der Waals surface area (Å²) in [5.74, 6) is 2.28. The Morgan fingerprint density at radius 3 is 2.53 bits per heavy atom. The van der Waals surface area contributed by atoms with Gasteiger partial charge in [-0.25, -0.2) is 0 Å². The van der Waals surface area contributed by atoms with E-state index in [2.05, 4.69) is 35.5 Å². The molecule has 0 aliphatic rings. The SMILES string of the molecule is CN=C(NCCc1cccc(C(=O)N(C)C)c1)NCc1ccccc1OCCC(C)C.I. The molecular formula is C25H37IN4O2. The molecule has 0 heterocycles. The minimum atomic E-state index is 0. The van der Waals surface area contributed by atoms with Gasteiger partial charge in [0, 0.05) is 45.4 Å². The molecule has 0 saturated carbocycles. The normalized spacial score (nSPS) is 11.0. The van der Waals surface area contributed by atoms with Crippen LogP contribution in [-0.4, -0.2) is 51.1 Å². The van der Waals surface area contributed by atoms with Crippen molar-refractivity contribution in [3.8, 4) is 5.75 Å². The van der Waals surface area contributed by atoms with E-state index in [1.54, 1.807) is 26.0 Å². The monoisotopic (exact) mass is 552 g/mol. The van der Waals surface area contributed by atoms with Crippen molar-refractivity contribution in [1.29, 1.82) is 0 Å². The average molecular weight is 553 g/mol. The number of ether oxygens (including phenoxy) is 1. The Balaban J connectivity index is 0.00000512. The predicted octanol–water partition coefficient (Wildman–Crippen LogP) is 4.34. The van der Waals surface area contributed by atoms with Crippen LogP contribution in [0.25, 0.3) is 0 Å². The molecule has 0 fully saturated rings. The third kappa shape index (κ3) is 9.46. The van der Waals surface area contributed by atoms with E-state index in [1.807, 2.05) is 42.5 Å². The van der Waals surface area contributed by atoms with E-state index in [0.717, 1.165) is 42.3 Å². The number of hydrogen-bond donors (Lipinski definition) is 2. The molecule has 2 N–H and O–H groups in total. The summed E-state index contributed by atoms with van der Waals surface area (Å²) in [7, 11) is 5.29. The van der Waals surface area contributed by atoms with Crippen LogP contribution in [0.5, 0.6) is 5.75 Å². The van der Waals surface area contributed by atoms with Crippen molar-refractivity contribution in [2.45, 2.75) is 33.2 Å². The third-order valence-corrected chi connectivity index (χ3v) is 4.88. The zero-order valence-corrected chi connectivity index (χ0v) is 22.2. The van der Waals surface area contributed by atoms with Gasteiger partial charge < -0.3 is 20.3 Å². The number of amides is 1. The van der Waals surface area contributed by atoms with E-state index < -0.39 is 0 Å². The van der Waals surface area contributed by atoms with Crippen LogP contribution >= 0.6 is 24.0 Å². The van der Waals surface area contributed by atoms with Crippen LogP contribution in [0.2, 0.25) is 0 Å². The predicted molar refractivity (Wildman–Crippen MR) is 143 cm³/mol. The summed E-state index contributed by atoms with van der Waals surface area (Å²) in [5, 5.41) is 6.69. The molecule has 0 bridgehead atoms. The maximum absolute atomic E-state index is 12.1. The standard InChI is InChI=1S/C25H36N4O2.HI/c1-19(2)14-16-31-23-12-7-6-10-22(23)18-28-25(26-3)27-15-13-20-9-8-11-21(17-20)24(30)29(4)5;/h6-12,17,19H,13-16,18H2,1-5H3,(H2,26,27,28);1H. The number of rotatable bonds is 10. The number of carbonyl (C=O) groups excluding carboxylic acids is 1. The van der Waals surface area contributed by atoms with E-state index in [-0.39, 0.29) is 29.9 Å². The number of nitrogens with zero attached hydrogens (tertiary/aromatic N) is 2. The largest absolute Gasteiger partial charge is 0.493 e. The van der Waals surface area contributed by atoms with E-state index in [4.69, 9.17) is 4.74 Å². The van der Waals surface area contributed by atoms with Gasteiger partial charge in [0.1, 0.15) is 5.75 Å². The summed E-state index contributed by atoms with van der Waals surface area (Å²) in [6.07, 6.45) is 1.83. The zero-order chi connectivity index (χ0) is 22.6. The number of aliphatic imine (C=N–C) groups is 1. The summed E-state index contributed by atoms with van der Waals surface area (Å²) in [5.41, 5.74) is 2.92. The van der Waals surface area contributed by atoms with Crippen LogP contribution in [0.15, 0.2) is 53.5 Å². The second-order valence-corrected chi connectivity index (χ2v) is 8.14. The molecule has 0 aliphatic carbocycles. The fraction of sp³-hybridized carbons (Fsp3) is 0.440. The van der Waals surface area contributed by atoms with Crippen LogP contribution < -0.4 is 15.4 Å². The fourth-order valence-electron chi connectivity index (χ4n) is 3.04. The Kier molecular flexibility index (Phi) is 12.8. The van der Waals surface area contributed by atoms with Crippen molar-refractivity contribution < 1.29 is 9.53 Å². The maximum atomic E-state index is 12.1. The van der Waals surface area contributed by atoms with Crippen LogP contribution in [0.3, 0.4) is 0 Å². The summed E-state index contributed by atoms with van der Waals surface area (Å²) < 4.78 is 5.97. The topological polar surface area (TPSA) is 66.0 Å². The minimum absolute atomic E-state index is 0. The highest BCUT2D eigenvalue weighted by atomic mass is 127. The first kappa shape index (κ1) is 27.7. The van der Waals surface area contributed by atoms with E-state index >= 15 is 0 Å². The van der Waals surface area contributed by atoms with Crippen molar-refractivity contribution >= 4 is 35.8 Å². The summed E-state index contributed by atoms with van der Waals surface area (Å²) >= 11 is 0. The van der Waals surface area contributed by atoms with Crippen molar-refractivity contribution in [2.75, 3.05) is 34.3 Å². The minimum Gasteiger partial charge on any atom is -0.493 e. The van der Waals surface area contributed by atoms with Gasteiger partial charge in [-0.15, -0.1) is 24.0 Å². The second-order valence-electron chi connectivity index (χ2n) is 8.14. The first-order valence-electron chi connectivity index (χ1n) is 10.9. The van der Waals surface area contributed by atoms with Gasteiger partial charge in [0.2, 0.25) is 0 Å². The Morgan fingerprint density at radius 1 is 1.09 bits per heavy atom. The van der Waals surface area contributed by atoms with E-state index in [1.165, 1.54) is 0 Å². The summed E-state index contributed by atoms with van der Waals surface area (Å²) in [6, 6.07) is 15.9. The number of halogens is 1. The molecule has 0 unspecified atom stereocenters. The van der Waals surface area contributed by atoms with Gasteiger partial charge in [0.25, 0.3) is 5.91 Å². The molecule has 7 heteroatoms. The molecule has 2 aromatic rings. The molecular weight excluding hydrogens is 515 g/mol. The number of guanidine groups is 1. The Bertz CT molecular complexity index is 869. The van der Waals surface area contributed by atoms with Gasteiger partial charge in [-0.2, -0.15) is 0 Å². The van der Waals surface area contributed by atoms with E-state index in [0.29, 0.717) is 24.6 Å². The zero-order valence-electron chi connectivity index (χ0n) is 19.9. The van der Waals surface area contributed by atoms with Gasteiger partial charge in [0.15, 0.2) is 5.96 Å². The third-order valence-electron chi connectivity index (χ3n) is 4.88. The molecule has 0 aliphatic heterocycles. The van der Waals surface area contributed by atoms with Crippen molar-refractivity contribution in [2.24, 2.45) is 10.9 Å². The Labute approximate surface area is 209 Å². The number of nitrogens with one attached hydrogen (secondary N) is 2. The first-order chi connectivity index (χ1) is 14.9. The van der Waals surface area contributed by atoms with Crippen LogP contribution in [0.1, 0.15) is 41.8 Å². The Morgan fingerprint density at radius 2 is 1.84 bits per heavy atom. The van der Waals surface area contributed by atoms with E-state index in [9.17, 15) is 4.79 Å². The highest BCUT2D eigenvalue weighted by Gasteiger charge is 2.09. The van der Waals surface area contributed by atoms with Crippen molar-refractivity contribution in [1.82, 2.24) is 15.5 Å². The van der Waals surface area contributed by atoms with Crippen molar-refractivity contribution in [3.05, 3.63) is 65.2 Å². The molecule has 176 valence electrons. The van der Waals surface area contributed by atoms with Gasteiger partial charge in [-0.1, -0.05) is 44.2 Å². The first-order valence-corrected chi connectivity index (χ1v) is 10.9. The fourth-order valence-corrected chi connectivity index (χ4v) is 3.04. The number of para-hydroxylation sites is 1. The highest BCUT2D eigenvalue weighted by Crippen LogP contribution is 2.18. The van der Waals surface area contributed by atoms with Gasteiger partial charge in [-0.05, 0) is 42.5 Å². The lowest BCUT2D eigenvalue weighted by atomic mass is 10.1.